The number of halogens is 1. The van der Waals surface area contributed by atoms with E-state index < -0.39 is 0 Å². The molecule has 0 saturated heterocycles. The van der Waals surface area contributed by atoms with Crippen molar-refractivity contribution in [3.8, 4) is 17.3 Å². The molecule has 0 spiro atoms. The van der Waals surface area contributed by atoms with Crippen molar-refractivity contribution in [1.29, 1.82) is 5.26 Å². The second-order valence-corrected chi connectivity index (χ2v) is 11.1. The number of aryl methyl sites for hydroxylation is 2. The molecule has 0 fully saturated rings. The SMILES string of the molecule is Cc1cc(Cl)c(COC2=c3nc(C)cc(-c4ccc(C#N)n4C)c3=CC(C)C2)c(Cn2cccc(C3=NC3)c2=O)n1. The summed E-state index contributed by atoms with van der Waals surface area (Å²) in [5.41, 5.74) is 6.98. The summed E-state index contributed by atoms with van der Waals surface area (Å²) >= 11 is 6.76. The van der Waals surface area contributed by atoms with Gasteiger partial charge in [0.1, 0.15) is 29.5 Å². The molecule has 0 amide bonds. The highest BCUT2D eigenvalue weighted by Crippen LogP contribution is 2.26. The van der Waals surface area contributed by atoms with Gasteiger partial charge in [0.15, 0.2) is 0 Å². The summed E-state index contributed by atoms with van der Waals surface area (Å²) in [5, 5.41) is 11.8. The first-order chi connectivity index (χ1) is 19.7. The Balaban J connectivity index is 1.40. The maximum Gasteiger partial charge on any atom is 0.260 e. The van der Waals surface area contributed by atoms with Gasteiger partial charge in [0.2, 0.25) is 0 Å². The van der Waals surface area contributed by atoms with Crippen LogP contribution < -0.4 is 16.1 Å². The second kappa shape index (κ2) is 10.5. The smallest absolute Gasteiger partial charge is 0.260 e. The standard InChI is InChI=1S/C32H29ClN6O2/c1-18-10-24-23(29-8-7-21(14-34)38(29)4)12-19(2)37-31(24)30(11-18)41-17-25-26(33)13-20(3)36-28(25)16-39-9-5-6-22(32(39)40)27-15-35-27/h5-10,12-13,18H,11,15-17H2,1-4H3. The minimum atomic E-state index is -0.0950. The fourth-order valence-corrected chi connectivity index (χ4v) is 5.77. The van der Waals surface area contributed by atoms with Crippen molar-refractivity contribution < 1.29 is 4.74 Å². The summed E-state index contributed by atoms with van der Waals surface area (Å²) in [6.07, 6.45) is 4.67. The van der Waals surface area contributed by atoms with Crippen molar-refractivity contribution in [3.05, 3.63) is 102 Å². The number of rotatable bonds is 7. The molecule has 1 unspecified atom stereocenters. The van der Waals surface area contributed by atoms with E-state index in [1.165, 1.54) is 0 Å². The average Bonchev–Trinajstić information content (AvgIpc) is 3.70. The van der Waals surface area contributed by atoms with E-state index in [0.717, 1.165) is 50.2 Å². The summed E-state index contributed by atoms with van der Waals surface area (Å²) in [7, 11) is 1.90. The number of aromatic nitrogens is 4. The average molecular weight is 565 g/mol. The van der Waals surface area contributed by atoms with Crippen molar-refractivity contribution in [2.75, 3.05) is 6.54 Å². The lowest BCUT2D eigenvalue weighted by Crippen LogP contribution is -2.37. The fourth-order valence-electron chi connectivity index (χ4n) is 5.45. The third-order valence-electron chi connectivity index (χ3n) is 7.56. The van der Waals surface area contributed by atoms with Crippen molar-refractivity contribution in [2.24, 2.45) is 18.0 Å². The minimum Gasteiger partial charge on any atom is -0.491 e. The maximum atomic E-state index is 13.1. The Morgan fingerprint density at radius 1 is 1.15 bits per heavy atom. The summed E-state index contributed by atoms with van der Waals surface area (Å²) in [4.78, 5) is 26.9. The Morgan fingerprint density at radius 3 is 2.66 bits per heavy atom. The van der Waals surface area contributed by atoms with Crippen LogP contribution in [-0.2, 0) is 24.9 Å². The molecule has 4 aromatic heterocycles. The lowest BCUT2D eigenvalue weighted by Gasteiger charge is -2.20. The number of fused-ring (bicyclic) bond motifs is 1. The Bertz CT molecular complexity index is 1980. The number of hydrogen-bond acceptors (Lipinski definition) is 6. The third kappa shape index (κ3) is 5.09. The number of nitrogens with zero attached hydrogens (tertiary/aromatic N) is 6. The fraction of sp³-hybridized carbons (Fsp3) is 0.281. The molecule has 0 saturated carbocycles. The van der Waals surface area contributed by atoms with E-state index >= 15 is 0 Å². The molecule has 0 N–H and O–H groups in total. The Kier molecular flexibility index (Phi) is 6.84. The first kappa shape index (κ1) is 26.7. The highest BCUT2D eigenvalue weighted by atomic mass is 35.5. The van der Waals surface area contributed by atoms with Gasteiger partial charge in [-0.1, -0.05) is 24.6 Å². The van der Waals surface area contributed by atoms with Gasteiger partial charge >= 0.3 is 0 Å². The first-order valence-electron chi connectivity index (χ1n) is 13.5. The summed E-state index contributed by atoms with van der Waals surface area (Å²) in [6, 6.07) is 13.6. The predicted octanol–water partition coefficient (Wildman–Crippen LogP) is 3.78. The predicted molar refractivity (Wildman–Crippen MR) is 159 cm³/mol. The molecule has 206 valence electrons. The van der Waals surface area contributed by atoms with Gasteiger partial charge in [-0.2, -0.15) is 5.26 Å². The van der Waals surface area contributed by atoms with E-state index in [9.17, 15) is 10.1 Å². The Hall–Kier alpha value is -4.48. The molecule has 0 aromatic carbocycles. The lowest BCUT2D eigenvalue weighted by molar-refractivity contribution is 0.241. The van der Waals surface area contributed by atoms with E-state index in [0.29, 0.717) is 34.9 Å². The minimum absolute atomic E-state index is 0.0950. The van der Waals surface area contributed by atoms with Gasteiger partial charge in [0, 0.05) is 53.1 Å². The summed E-state index contributed by atoms with van der Waals surface area (Å²) in [6.45, 7) is 7.08. The zero-order chi connectivity index (χ0) is 28.8. The van der Waals surface area contributed by atoms with Crippen LogP contribution >= 0.6 is 11.6 Å². The van der Waals surface area contributed by atoms with Crippen molar-refractivity contribution in [3.63, 3.8) is 0 Å². The van der Waals surface area contributed by atoms with E-state index in [2.05, 4.69) is 30.1 Å². The quantitative estimate of drug-likeness (QED) is 0.340. The highest BCUT2D eigenvalue weighted by molar-refractivity contribution is 6.31. The zero-order valence-electron chi connectivity index (χ0n) is 23.4. The Labute approximate surface area is 242 Å². The molecule has 4 aromatic rings. The van der Waals surface area contributed by atoms with Gasteiger partial charge in [-0.05, 0) is 56.2 Å². The molecule has 2 aliphatic rings. The second-order valence-electron chi connectivity index (χ2n) is 10.7. The van der Waals surface area contributed by atoms with Crippen molar-refractivity contribution >= 4 is 29.1 Å². The van der Waals surface area contributed by atoms with Crippen molar-refractivity contribution in [2.45, 2.75) is 40.3 Å². The summed E-state index contributed by atoms with van der Waals surface area (Å²) < 4.78 is 10.1. The molecule has 5 heterocycles. The highest BCUT2D eigenvalue weighted by Gasteiger charge is 2.21. The van der Waals surface area contributed by atoms with Crippen molar-refractivity contribution in [1.82, 2.24) is 19.1 Å². The number of nitriles is 1. The monoisotopic (exact) mass is 564 g/mol. The van der Waals surface area contributed by atoms with Crippen LogP contribution in [0.5, 0.6) is 0 Å². The molecule has 6 rings (SSSR count). The molecule has 9 heteroatoms. The van der Waals surface area contributed by atoms with E-state index in [-0.39, 0.29) is 24.6 Å². The van der Waals surface area contributed by atoms with Crippen LogP contribution in [0.1, 0.15) is 47.2 Å². The summed E-state index contributed by atoms with van der Waals surface area (Å²) in [5.74, 6) is 0.998. The first-order valence-corrected chi connectivity index (χ1v) is 13.9. The number of hydrogen-bond donors (Lipinski definition) is 0. The van der Waals surface area contributed by atoms with Crippen LogP contribution in [0, 0.1) is 31.1 Å². The van der Waals surface area contributed by atoms with E-state index in [4.69, 9.17) is 26.3 Å². The Morgan fingerprint density at radius 2 is 1.93 bits per heavy atom. The van der Waals surface area contributed by atoms with Crippen LogP contribution in [0.2, 0.25) is 5.02 Å². The molecular weight excluding hydrogens is 536 g/mol. The third-order valence-corrected chi connectivity index (χ3v) is 7.90. The number of pyridine rings is 3. The zero-order valence-corrected chi connectivity index (χ0v) is 24.2. The van der Waals surface area contributed by atoms with Gasteiger partial charge in [-0.3, -0.25) is 14.8 Å². The van der Waals surface area contributed by atoms with Gasteiger partial charge in [-0.15, -0.1) is 0 Å². The molecule has 1 aliphatic heterocycles. The molecule has 41 heavy (non-hydrogen) atoms. The molecule has 0 bridgehead atoms. The van der Waals surface area contributed by atoms with Gasteiger partial charge in [0.25, 0.3) is 5.56 Å². The number of aliphatic imine (C=N–C) groups is 1. The lowest BCUT2D eigenvalue weighted by atomic mass is 9.96. The van der Waals surface area contributed by atoms with Crippen LogP contribution in [0.15, 0.2) is 52.4 Å². The number of ether oxygens (including phenoxy) is 1. The van der Waals surface area contributed by atoms with Crippen LogP contribution in [-0.4, -0.2) is 31.4 Å². The van der Waals surface area contributed by atoms with Gasteiger partial charge < -0.3 is 13.9 Å². The molecule has 8 nitrogen and oxygen atoms in total. The van der Waals surface area contributed by atoms with E-state index in [1.807, 2.05) is 49.7 Å². The molecular formula is C32H29ClN6O2. The maximum absolute atomic E-state index is 13.1. The van der Waals surface area contributed by atoms with Crippen LogP contribution in [0.4, 0.5) is 0 Å². The molecule has 1 aliphatic carbocycles. The topological polar surface area (TPSA) is 98.1 Å². The van der Waals surface area contributed by atoms with Crippen LogP contribution in [0.3, 0.4) is 0 Å². The molecule has 1 atom stereocenters. The largest absolute Gasteiger partial charge is 0.491 e. The van der Waals surface area contributed by atoms with E-state index in [1.54, 1.807) is 16.8 Å². The van der Waals surface area contributed by atoms with Gasteiger partial charge in [-0.25, -0.2) is 4.98 Å². The normalized spacial score (nSPS) is 15.6. The van der Waals surface area contributed by atoms with Gasteiger partial charge in [0.05, 0.1) is 35.1 Å². The molecule has 0 radical (unpaired) electrons. The van der Waals surface area contributed by atoms with Crippen LogP contribution in [0.25, 0.3) is 23.1 Å².